The van der Waals surface area contributed by atoms with E-state index in [4.69, 9.17) is 12.2 Å². The third kappa shape index (κ3) is 2.87. The molecule has 20 heavy (non-hydrogen) atoms. The maximum atomic E-state index is 12.3. The van der Waals surface area contributed by atoms with Gasteiger partial charge in [0.15, 0.2) is 0 Å². The predicted octanol–water partition coefficient (Wildman–Crippen LogP) is 2.48. The number of benzene rings is 2. The molecular weight excluding hydrogens is 248 g/mol. The van der Waals surface area contributed by atoms with E-state index in [9.17, 15) is 4.79 Å². The van der Waals surface area contributed by atoms with Crippen LogP contribution in [0, 0.1) is 12.3 Å². The lowest BCUT2D eigenvalue weighted by molar-refractivity contribution is -0.120. The van der Waals surface area contributed by atoms with Crippen LogP contribution in [0.3, 0.4) is 0 Å². The van der Waals surface area contributed by atoms with E-state index in [0.717, 1.165) is 5.56 Å². The number of rotatable bonds is 3. The number of anilines is 1. The van der Waals surface area contributed by atoms with Gasteiger partial charge < -0.3 is 11.1 Å². The summed E-state index contributed by atoms with van der Waals surface area (Å²) in [6.07, 6.45) is 5.34. The Morgan fingerprint density at radius 1 is 1.20 bits per heavy atom. The van der Waals surface area contributed by atoms with Gasteiger partial charge in [0.1, 0.15) is 5.54 Å². The van der Waals surface area contributed by atoms with Crippen LogP contribution in [0.1, 0.15) is 18.1 Å². The van der Waals surface area contributed by atoms with Crippen LogP contribution in [0.5, 0.6) is 0 Å². The Bertz CT molecular complexity index is 654. The minimum atomic E-state index is -1.10. The van der Waals surface area contributed by atoms with Gasteiger partial charge >= 0.3 is 0 Å². The number of nitrogens with two attached hydrogens (primary N) is 1. The van der Waals surface area contributed by atoms with Gasteiger partial charge in [-0.2, -0.15) is 0 Å². The second kappa shape index (κ2) is 5.60. The summed E-state index contributed by atoms with van der Waals surface area (Å²) >= 11 is 0. The normalized spacial score (nSPS) is 13.1. The largest absolute Gasteiger partial charge is 0.324 e. The van der Waals surface area contributed by atoms with Crippen LogP contribution in [-0.4, -0.2) is 5.91 Å². The van der Waals surface area contributed by atoms with Gasteiger partial charge in [-0.05, 0) is 30.7 Å². The van der Waals surface area contributed by atoms with Crippen molar-refractivity contribution in [3.63, 3.8) is 0 Å². The number of amides is 1. The summed E-state index contributed by atoms with van der Waals surface area (Å²) in [6, 6.07) is 16.4. The Hall–Kier alpha value is -2.57. The van der Waals surface area contributed by atoms with Crippen LogP contribution < -0.4 is 11.1 Å². The van der Waals surface area contributed by atoms with Gasteiger partial charge in [-0.15, -0.1) is 6.42 Å². The monoisotopic (exact) mass is 264 g/mol. The van der Waals surface area contributed by atoms with Gasteiger partial charge in [0.05, 0.1) is 0 Å². The van der Waals surface area contributed by atoms with E-state index in [2.05, 4.69) is 11.2 Å². The van der Waals surface area contributed by atoms with Crippen LogP contribution in [-0.2, 0) is 10.3 Å². The molecule has 3 heteroatoms. The van der Waals surface area contributed by atoms with E-state index in [-0.39, 0.29) is 5.91 Å². The zero-order chi connectivity index (χ0) is 14.6. The summed E-state index contributed by atoms with van der Waals surface area (Å²) in [5.41, 5.74) is 7.15. The molecule has 2 rings (SSSR count). The first-order valence-electron chi connectivity index (χ1n) is 6.26. The van der Waals surface area contributed by atoms with Crippen molar-refractivity contribution in [1.82, 2.24) is 0 Å². The minimum absolute atomic E-state index is 0.280. The predicted molar refractivity (Wildman–Crippen MR) is 81.0 cm³/mol. The van der Waals surface area contributed by atoms with Crippen molar-refractivity contribution in [2.24, 2.45) is 5.73 Å². The Kier molecular flexibility index (Phi) is 3.88. The molecule has 0 saturated carbocycles. The van der Waals surface area contributed by atoms with Crippen molar-refractivity contribution >= 4 is 11.6 Å². The summed E-state index contributed by atoms with van der Waals surface area (Å²) in [7, 11) is 0. The van der Waals surface area contributed by atoms with Gasteiger partial charge in [0, 0.05) is 11.3 Å². The third-order valence-corrected chi connectivity index (χ3v) is 3.13. The molecule has 3 nitrogen and oxygen atoms in total. The summed E-state index contributed by atoms with van der Waals surface area (Å²) in [5.74, 6) is 2.25. The van der Waals surface area contributed by atoms with Crippen LogP contribution in [0.15, 0.2) is 54.6 Å². The molecule has 0 fully saturated rings. The van der Waals surface area contributed by atoms with Gasteiger partial charge in [0.2, 0.25) is 5.91 Å². The second-order valence-electron chi connectivity index (χ2n) is 4.75. The highest BCUT2D eigenvalue weighted by Crippen LogP contribution is 2.20. The Labute approximate surface area is 118 Å². The molecular formula is C17H16N2O. The van der Waals surface area contributed by atoms with Crippen LogP contribution in [0.4, 0.5) is 5.69 Å². The molecule has 0 saturated heterocycles. The average molecular weight is 264 g/mol. The lowest BCUT2D eigenvalue weighted by Gasteiger charge is -2.24. The molecule has 0 radical (unpaired) electrons. The topological polar surface area (TPSA) is 55.1 Å². The van der Waals surface area contributed by atoms with Crippen molar-refractivity contribution in [2.75, 3.05) is 5.32 Å². The molecule has 2 aromatic carbocycles. The summed E-state index contributed by atoms with van der Waals surface area (Å²) in [5, 5.41) is 2.80. The quantitative estimate of drug-likeness (QED) is 0.837. The lowest BCUT2D eigenvalue weighted by Crippen LogP contribution is -2.45. The zero-order valence-corrected chi connectivity index (χ0v) is 11.3. The van der Waals surface area contributed by atoms with Crippen molar-refractivity contribution < 1.29 is 4.79 Å². The molecule has 0 aliphatic carbocycles. The number of nitrogens with one attached hydrogen (secondary N) is 1. The zero-order valence-electron chi connectivity index (χ0n) is 11.3. The van der Waals surface area contributed by atoms with Crippen LogP contribution >= 0.6 is 0 Å². The first-order chi connectivity index (χ1) is 9.54. The first-order valence-corrected chi connectivity index (χ1v) is 6.26. The van der Waals surface area contributed by atoms with E-state index in [1.807, 2.05) is 30.3 Å². The molecule has 0 bridgehead atoms. The van der Waals surface area contributed by atoms with Gasteiger partial charge in [0.25, 0.3) is 0 Å². The molecule has 0 heterocycles. The third-order valence-electron chi connectivity index (χ3n) is 3.13. The molecule has 1 amide bonds. The molecule has 1 unspecified atom stereocenters. The highest BCUT2D eigenvalue weighted by Gasteiger charge is 2.30. The average Bonchev–Trinajstić information content (AvgIpc) is 2.48. The van der Waals surface area contributed by atoms with E-state index in [0.29, 0.717) is 11.3 Å². The summed E-state index contributed by atoms with van der Waals surface area (Å²) in [4.78, 5) is 12.3. The molecule has 0 aliphatic heterocycles. The number of carbonyl (C=O) groups is 1. The smallest absolute Gasteiger partial charge is 0.248 e. The summed E-state index contributed by atoms with van der Waals surface area (Å²) < 4.78 is 0. The highest BCUT2D eigenvalue weighted by molar-refractivity contribution is 5.98. The van der Waals surface area contributed by atoms with Crippen LogP contribution in [0.2, 0.25) is 0 Å². The Morgan fingerprint density at radius 2 is 1.90 bits per heavy atom. The number of hydrogen-bond donors (Lipinski definition) is 2. The minimum Gasteiger partial charge on any atom is -0.324 e. The van der Waals surface area contributed by atoms with E-state index >= 15 is 0 Å². The Balaban J connectivity index is 2.21. The molecule has 3 N–H and O–H groups in total. The van der Waals surface area contributed by atoms with Crippen molar-refractivity contribution in [1.29, 1.82) is 0 Å². The maximum Gasteiger partial charge on any atom is 0.248 e. The lowest BCUT2D eigenvalue weighted by atomic mass is 9.92. The molecule has 0 spiro atoms. The molecule has 0 aromatic heterocycles. The summed E-state index contributed by atoms with van der Waals surface area (Å²) in [6.45, 7) is 1.68. The van der Waals surface area contributed by atoms with Crippen molar-refractivity contribution in [3.05, 3.63) is 65.7 Å². The second-order valence-corrected chi connectivity index (χ2v) is 4.75. The maximum absolute atomic E-state index is 12.3. The fourth-order valence-electron chi connectivity index (χ4n) is 1.86. The standard InChI is InChI=1S/C17H16N2O/c1-3-13-8-7-11-15(12-13)19-16(20)17(2,18)14-9-5-4-6-10-14/h1,4-12H,18H2,2H3,(H,19,20). The first kappa shape index (κ1) is 13.9. The Morgan fingerprint density at radius 3 is 2.55 bits per heavy atom. The SMILES string of the molecule is C#Cc1cccc(NC(=O)C(C)(N)c2ccccc2)c1. The molecule has 0 aliphatic rings. The van der Waals surface area contributed by atoms with E-state index < -0.39 is 5.54 Å². The molecule has 100 valence electrons. The van der Waals surface area contributed by atoms with Crippen molar-refractivity contribution in [3.8, 4) is 12.3 Å². The van der Waals surface area contributed by atoms with Crippen LogP contribution in [0.25, 0.3) is 0 Å². The number of hydrogen-bond acceptors (Lipinski definition) is 2. The molecule has 1 atom stereocenters. The van der Waals surface area contributed by atoms with Gasteiger partial charge in [-0.25, -0.2) is 0 Å². The van der Waals surface area contributed by atoms with Gasteiger partial charge in [-0.1, -0.05) is 42.3 Å². The fourth-order valence-corrected chi connectivity index (χ4v) is 1.86. The fraction of sp³-hybridized carbons (Fsp3) is 0.118. The molecule has 2 aromatic rings. The van der Waals surface area contributed by atoms with E-state index in [1.54, 1.807) is 31.2 Å². The van der Waals surface area contributed by atoms with Crippen molar-refractivity contribution in [2.45, 2.75) is 12.5 Å². The highest BCUT2D eigenvalue weighted by atomic mass is 16.2. The number of carbonyl (C=O) groups excluding carboxylic acids is 1. The number of terminal acetylenes is 1. The van der Waals surface area contributed by atoms with E-state index in [1.165, 1.54) is 0 Å². The van der Waals surface area contributed by atoms with Gasteiger partial charge in [-0.3, -0.25) is 4.79 Å².